The molecule has 0 aliphatic heterocycles. The zero-order valence-electron chi connectivity index (χ0n) is 15.8. The van der Waals surface area contributed by atoms with Gasteiger partial charge in [0.2, 0.25) is 5.78 Å². The Bertz CT molecular complexity index is 964. The van der Waals surface area contributed by atoms with Crippen molar-refractivity contribution in [1.82, 2.24) is 0 Å². The van der Waals surface area contributed by atoms with Crippen LogP contribution in [0.25, 0.3) is 6.08 Å². The summed E-state index contributed by atoms with van der Waals surface area (Å²) in [5, 5.41) is 8.57. The zero-order chi connectivity index (χ0) is 21.2. The van der Waals surface area contributed by atoms with Crippen molar-refractivity contribution < 1.29 is 32.9 Å². The molecular weight excluding hydrogens is 381 g/mol. The van der Waals surface area contributed by atoms with Crippen molar-refractivity contribution >= 4 is 17.8 Å². The minimum Gasteiger partial charge on any atom is -0.496 e. The van der Waals surface area contributed by atoms with E-state index in [1.807, 2.05) is 6.07 Å². The van der Waals surface area contributed by atoms with E-state index in [0.29, 0.717) is 17.1 Å². The Morgan fingerprint density at radius 1 is 1.07 bits per heavy atom. The quantitative estimate of drug-likeness (QED) is 0.363. The zero-order valence-corrected chi connectivity index (χ0v) is 15.8. The van der Waals surface area contributed by atoms with Crippen LogP contribution >= 0.6 is 0 Å². The number of hydrogen-bond donors (Lipinski definition) is 0. The lowest BCUT2D eigenvalue weighted by atomic mass is 10.1. The van der Waals surface area contributed by atoms with Gasteiger partial charge in [-0.3, -0.25) is 4.79 Å². The first-order valence-electron chi connectivity index (χ1n) is 8.38. The molecule has 29 heavy (non-hydrogen) atoms. The van der Waals surface area contributed by atoms with Crippen LogP contribution in [-0.2, 0) is 9.53 Å². The van der Waals surface area contributed by atoms with Gasteiger partial charge in [0.05, 0.1) is 19.8 Å². The Morgan fingerprint density at radius 3 is 2.48 bits per heavy atom. The molecule has 2 aromatic carbocycles. The fraction of sp³-hybridized carbons (Fsp3) is 0.190. The number of Topliss-reactive ketones (excluding diaryl/α,β-unsaturated/α-hetero) is 1. The second-order valence-electron chi connectivity index (χ2n) is 5.57. The normalized spacial score (nSPS) is 10.3. The molecule has 0 N–H and O–H groups in total. The second kappa shape index (κ2) is 10.5. The smallest absolute Gasteiger partial charge is 0.331 e. The highest BCUT2D eigenvalue weighted by atomic mass is 19.1. The molecular formula is C21H18FNO6. The molecule has 0 aromatic heterocycles. The molecule has 0 atom stereocenters. The van der Waals surface area contributed by atoms with E-state index in [9.17, 15) is 14.0 Å². The van der Waals surface area contributed by atoms with Crippen LogP contribution in [0, 0.1) is 17.1 Å². The molecule has 0 saturated carbocycles. The summed E-state index contributed by atoms with van der Waals surface area (Å²) in [5.41, 5.74) is 0.600. The lowest BCUT2D eigenvalue weighted by Crippen LogP contribution is -2.13. The van der Waals surface area contributed by atoms with E-state index in [4.69, 9.17) is 24.2 Å². The lowest BCUT2D eigenvalue weighted by Gasteiger charge is -2.09. The molecule has 7 nitrogen and oxygen atoms in total. The monoisotopic (exact) mass is 399 g/mol. The molecule has 0 amide bonds. The maximum Gasteiger partial charge on any atom is 0.331 e. The average molecular weight is 399 g/mol. The van der Waals surface area contributed by atoms with E-state index >= 15 is 0 Å². The van der Waals surface area contributed by atoms with E-state index in [0.717, 1.165) is 18.2 Å². The first kappa shape index (κ1) is 21.4. The molecule has 150 valence electrons. The predicted octanol–water partition coefficient (Wildman–Crippen LogP) is 3.18. The van der Waals surface area contributed by atoms with Crippen molar-refractivity contribution in [3.63, 3.8) is 0 Å². The van der Waals surface area contributed by atoms with Crippen molar-refractivity contribution in [3.8, 4) is 23.3 Å². The fourth-order valence-electron chi connectivity index (χ4n) is 2.34. The van der Waals surface area contributed by atoms with Crippen LogP contribution in [0.1, 0.15) is 15.9 Å². The number of nitriles is 1. The van der Waals surface area contributed by atoms with Crippen LogP contribution < -0.4 is 14.2 Å². The van der Waals surface area contributed by atoms with Gasteiger partial charge in [-0.05, 0) is 42.0 Å². The van der Waals surface area contributed by atoms with Crippen molar-refractivity contribution in [2.45, 2.75) is 0 Å². The van der Waals surface area contributed by atoms with Crippen LogP contribution in [0.4, 0.5) is 4.39 Å². The number of esters is 1. The van der Waals surface area contributed by atoms with E-state index in [1.54, 1.807) is 18.2 Å². The first-order chi connectivity index (χ1) is 14.0. The van der Waals surface area contributed by atoms with Crippen molar-refractivity contribution in [3.05, 3.63) is 59.4 Å². The number of carbonyl (C=O) groups excluding carboxylic acids is 2. The van der Waals surface area contributed by atoms with Crippen LogP contribution in [0.2, 0.25) is 0 Å². The topological polar surface area (TPSA) is 94.8 Å². The molecule has 2 rings (SSSR count). The lowest BCUT2D eigenvalue weighted by molar-refractivity contribution is -0.136. The molecule has 0 radical (unpaired) electrons. The number of hydrogen-bond acceptors (Lipinski definition) is 7. The maximum atomic E-state index is 13.3. The summed E-state index contributed by atoms with van der Waals surface area (Å²) in [6.45, 7) is -0.685. The summed E-state index contributed by atoms with van der Waals surface area (Å²) in [5.74, 6) is -0.973. The fourth-order valence-corrected chi connectivity index (χ4v) is 2.34. The van der Waals surface area contributed by atoms with E-state index in [2.05, 4.69) is 0 Å². The minimum absolute atomic E-state index is 0.0121. The van der Waals surface area contributed by atoms with E-state index in [-0.39, 0.29) is 17.9 Å². The summed E-state index contributed by atoms with van der Waals surface area (Å²) < 4.78 is 33.7. The van der Waals surface area contributed by atoms with Crippen LogP contribution in [-0.4, -0.2) is 39.2 Å². The predicted molar refractivity (Wildman–Crippen MR) is 101 cm³/mol. The molecule has 0 unspecified atom stereocenters. The Labute approximate surface area is 166 Å². The number of methoxy groups -OCH3 is 2. The molecule has 0 aliphatic carbocycles. The molecule has 0 heterocycles. The Balaban J connectivity index is 1.99. The van der Waals surface area contributed by atoms with Gasteiger partial charge in [-0.15, -0.1) is 0 Å². The van der Waals surface area contributed by atoms with Gasteiger partial charge in [-0.2, -0.15) is 5.26 Å². The van der Waals surface area contributed by atoms with Gasteiger partial charge >= 0.3 is 5.97 Å². The summed E-state index contributed by atoms with van der Waals surface area (Å²) in [6.07, 6.45) is 2.60. The van der Waals surface area contributed by atoms with Gasteiger partial charge in [0.15, 0.2) is 24.7 Å². The van der Waals surface area contributed by atoms with Crippen molar-refractivity contribution in [1.29, 1.82) is 5.26 Å². The van der Waals surface area contributed by atoms with E-state index in [1.165, 1.54) is 26.4 Å². The third kappa shape index (κ3) is 6.07. The molecule has 8 heteroatoms. The van der Waals surface area contributed by atoms with Gasteiger partial charge in [0.25, 0.3) is 0 Å². The van der Waals surface area contributed by atoms with Gasteiger partial charge in [-0.25, -0.2) is 9.18 Å². The van der Waals surface area contributed by atoms with Crippen molar-refractivity contribution in [2.24, 2.45) is 0 Å². The minimum atomic E-state index is -0.752. The van der Waals surface area contributed by atoms with Gasteiger partial charge in [-0.1, -0.05) is 6.07 Å². The number of ketones is 1. The maximum absolute atomic E-state index is 13.3. The average Bonchev–Trinajstić information content (AvgIpc) is 2.74. The Kier molecular flexibility index (Phi) is 7.74. The summed E-state index contributed by atoms with van der Waals surface area (Å²) in [4.78, 5) is 24.0. The Hall–Kier alpha value is -3.86. The third-order valence-electron chi connectivity index (χ3n) is 3.70. The molecule has 0 fully saturated rings. The van der Waals surface area contributed by atoms with Crippen molar-refractivity contribution in [2.75, 3.05) is 27.4 Å². The molecule has 2 aromatic rings. The van der Waals surface area contributed by atoms with E-state index < -0.39 is 24.2 Å². The number of carbonyl (C=O) groups is 2. The SMILES string of the molecule is COc1cc(/C=C/C(=O)OCC(=O)c2cc(F)ccc2OC)ccc1OCC#N. The molecule has 0 bridgehead atoms. The standard InChI is InChI=1S/C21H18FNO6/c1-26-18-7-5-15(22)12-16(18)17(24)13-29-21(25)8-4-14-3-6-19(28-10-9-23)20(11-14)27-2/h3-8,11-12H,10,13H2,1-2H3/b8-4+. The number of ether oxygens (including phenoxy) is 4. The summed E-state index contributed by atoms with van der Waals surface area (Å²) in [6, 6.07) is 10.2. The highest BCUT2D eigenvalue weighted by Gasteiger charge is 2.15. The van der Waals surface area contributed by atoms with Crippen LogP contribution in [0.3, 0.4) is 0 Å². The summed E-state index contributed by atoms with van der Waals surface area (Å²) >= 11 is 0. The van der Waals surface area contributed by atoms with Crippen LogP contribution in [0.15, 0.2) is 42.5 Å². The van der Waals surface area contributed by atoms with Gasteiger partial charge in [0.1, 0.15) is 17.6 Å². The molecule has 0 saturated heterocycles. The first-order valence-corrected chi connectivity index (χ1v) is 8.38. The number of halogens is 1. The van der Waals surface area contributed by atoms with Gasteiger partial charge in [0, 0.05) is 6.08 Å². The summed E-state index contributed by atoms with van der Waals surface area (Å²) in [7, 11) is 2.80. The highest BCUT2D eigenvalue weighted by Crippen LogP contribution is 2.28. The van der Waals surface area contributed by atoms with Crippen LogP contribution in [0.5, 0.6) is 17.2 Å². The highest BCUT2D eigenvalue weighted by molar-refractivity contribution is 6.01. The number of benzene rings is 2. The largest absolute Gasteiger partial charge is 0.496 e. The molecule has 0 spiro atoms. The Morgan fingerprint density at radius 2 is 1.79 bits per heavy atom. The van der Waals surface area contributed by atoms with Gasteiger partial charge < -0.3 is 18.9 Å². The third-order valence-corrected chi connectivity index (χ3v) is 3.70. The number of nitrogens with zero attached hydrogens (tertiary/aromatic N) is 1. The molecule has 0 aliphatic rings. The second-order valence-corrected chi connectivity index (χ2v) is 5.57. The number of rotatable bonds is 9.